The standard InChI is InChI=1S/C13H22FNO4/c1-2-3-8-19-11(18)13(15,10(16)17)9-12(14)6-4-5-7-12/h2-9,15H2,1H3,(H,16,17). The average molecular weight is 275 g/mol. The lowest BCUT2D eigenvalue weighted by Crippen LogP contribution is -2.59. The molecule has 0 radical (unpaired) electrons. The zero-order valence-electron chi connectivity index (χ0n) is 11.3. The Balaban J connectivity index is 2.72. The third-order valence-electron chi connectivity index (χ3n) is 3.57. The highest BCUT2D eigenvalue weighted by Crippen LogP contribution is 2.39. The number of halogens is 1. The van der Waals surface area contributed by atoms with Gasteiger partial charge in [0, 0.05) is 6.42 Å². The second-order valence-electron chi connectivity index (χ2n) is 5.30. The van der Waals surface area contributed by atoms with E-state index in [2.05, 4.69) is 0 Å². The van der Waals surface area contributed by atoms with Gasteiger partial charge in [0.25, 0.3) is 0 Å². The van der Waals surface area contributed by atoms with Gasteiger partial charge in [-0.2, -0.15) is 0 Å². The molecule has 0 heterocycles. The summed E-state index contributed by atoms with van der Waals surface area (Å²) in [6, 6.07) is 0. The van der Waals surface area contributed by atoms with E-state index in [-0.39, 0.29) is 19.4 Å². The zero-order chi connectivity index (χ0) is 14.5. The summed E-state index contributed by atoms with van der Waals surface area (Å²) in [7, 11) is 0. The van der Waals surface area contributed by atoms with E-state index in [1.165, 1.54) is 0 Å². The van der Waals surface area contributed by atoms with E-state index in [0.717, 1.165) is 6.42 Å². The van der Waals surface area contributed by atoms with Gasteiger partial charge in [0.2, 0.25) is 5.54 Å². The molecule has 6 heteroatoms. The molecule has 110 valence electrons. The van der Waals surface area contributed by atoms with Gasteiger partial charge in [-0.25, -0.2) is 14.0 Å². The molecule has 3 N–H and O–H groups in total. The first-order valence-corrected chi connectivity index (χ1v) is 6.72. The second-order valence-corrected chi connectivity index (χ2v) is 5.30. The molecule has 1 aliphatic rings. The summed E-state index contributed by atoms with van der Waals surface area (Å²) in [6.45, 7) is 2.02. The van der Waals surface area contributed by atoms with Gasteiger partial charge in [0.05, 0.1) is 6.61 Å². The van der Waals surface area contributed by atoms with Crippen LogP contribution in [0.2, 0.25) is 0 Å². The fourth-order valence-corrected chi connectivity index (χ4v) is 2.36. The summed E-state index contributed by atoms with van der Waals surface area (Å²) in [4.78, 5) is 23.0. The number of carbonyl (C=O) groups excluding carboxylic acids is 1. The summed E-state index contributed by atoms with van der Waals surface area (Å²) in [6.07, 6.45) is 2.81. The number of carboxylic acids is 1. The number of alkyl halides is 1. The van der Waals surface area contributed by atoms with Crippen LogP contribution < -0.4 is 5.73 Å². The molecule has 0 saturated heterocycles. The molecule has 1 atom stereocenters. The van der Waals surface area contributed by atoms with E-state index < -0.39 is 29.6 Å². The topological polar surface area (TPSA) is 89.6 Å². The van der Waals surface area contributed by atoms with Crippen molar-refractivity contribution in [3.8, 4) is 0 Å². The van der Waals surface area contributed by atoms with E-state index >= 15 is 0 Å². The van der Waals surface area contributed by atoms with Crippen LogP contribution in [0.25, 0.3) is 0 Å². The molecule has 1 aliphatic carbocycles. The maximum Gasteiger partial charge on any atom is 0.337 e. The number of carbonyl (C=O) groups is 2. The molecule has 1 saturated carbocycles. The monoisotopic (exact) mass is 275 g/mol. The Morgan fingerprint density at radius 1 is 1.42 bits per heavy atom. The minimum atomic E-state index is -2.28. The smallest absolute Gasteiger partial charge is 0.337 e. The Morgan fingerprint density at radius 2 is 2.00 bits per heavy atom. The molecule has 5 nitrogen and oxygen atoms in total. The van der Waals surface area contributed by atoms with Crippen LogP contribution in [0.4, 0.5) is 4.39 Å². The number of rotatable bonds is 7. The summed E-state index contributed by atoms with van der Waals surface area (Å²) in [5, 5.41) is 9.14. The fraction of sp³-hybridized carbons (Fsp3) is 0.846. The first-order valence-electron chi connectivity index (χ1n) is 6.72. The molecule has 1 rings (SSSR count). The van der Waals surface area contributed by atoms with Crippen molar-refractivity contribution in [2.24, 2.45) is 5.73 Å². The van der Waals surface area contributed by atoms with Crippen LogP contribution in [-0.4, -0.2) is 34.9 Å². The number of hydrogen-bond donors (Lipinski definition) is 2. The Hall–Kier alpha value is -1.17. The van der Waals surface area contributed by atoms with Crippen LogP contribution in [0.5, 0.6) is 0 Å². The summed E-state index contributed by atoms with van der Waals surface area (Å²) in [5.41, 5.74) is 1.66. The van der Waals surface area contributed by atoms with Crippen molar-refractivity contribution in [3.05, 3.63) is 0 Å². The van der Waals surface area contributed by atoms with Crippen LogP contribution >= 0.6 is 0 Å². The Bertz CT molecular complexity index is 342. The molecule has 19 heavy (non-hydrogen) atoms. The molecule has 0 aromatic rings. The minimum absolute atomic E-state index is 0.112. The van der Waals surface area contributed by atoms with E-state index in [0.29, 0.717) is 19.3 Å². The quantitative estimate of drug-likeness (QED) is 0.420. The zero-order valence-corrected chi connectivity index (χ0v) is 11.3. The first-order chi connectivity index (χ1) is 8.84. The summed E-state index contributed by atoms with van der Waals surface area (Å²) >= 11 is 0. The Labute approximate surface area is 112 Å². The average Bonchev–Trinajstić information content (AvgIpc) is 2.75. The Morgan fingerprint density at radius 3 is 2.47 bits per heavy atom. The number of hydrogen-bond acceptors (Lipinski definition) is 4. The maximum atomic E-state index is 14.4. The highest BCUT2D eigenvalue weighted by molar-refractivity contribution is 6.03. The molecule has 0 aromatic carbocycles. The minimum Gasteiger partial charge on any atom is -0.479 e. The SMILES string of the molecule is CCCCOC(=O)C(N)(CC1(F)CCCC1)C(=O)O. The predicted octanol–water partition coefficient (Wildman–Crippen LogP) is 1.78. The summed E-state index contributed by atoms with van der Waals surface area (Å²) < 4.78 is 19.2. The molecule has 1 unspecified atom stereocenters. The number of ether oxygens (including phenoxy) is 1. The molecule has 0 aliphatic heterocycles. The van der Waals surface area contributed by atoms with Gasteiger partial charge >= 0.3 is 11.9 Å². The van der Waals surface area contributed by atoms with Crippen molar-refractivity contribution in [1.29, 1.82) is 0 Å². The number of aliphatic carboxylic acids is 1. The third kappa shape index (κ3) is 3.89. The molecule has 0 spiro atoms. The van der Waals surface area contributed by atoms with E-state index in [9.17, 15) is 14.0 Å². The lowest BCUT2D eigenvalue weighted by atomic mass is 9.85. The van der Waals surface area contributed by atoms with Crippen LogP contribution in [0.1, 0.15) is 51.9 Å². The number of nitrogens with two attached hydrogens (primary N) is 1. The molecule has 0 amide bonds. The van der Waals surface area contributed by atoms with Crippen LogP contribution in [0, 0.1) is 0 Å². The lowest BCUT2D eigenvalue weighted by molar-refractivity contribution is -0.163. The van der Waals surface area contributed by atoms with Crippen molar-refractivity contribution < 1.29 is 23.8 Å². The van der Waals surface area contributed by atoms with Crippen molar-refractivity contribution in [3.63, 3.8) is 0 Å². The largest absolute Gasteiger partial charge is 0.479 e. The van der Waals surface area contributed by atoms with Crippen molar-refractivity contribution >= 4 is 11.9 Å². The van der Waals surface area contributed by atoms with Crippen molar-refractivity contribution in [2.45, 2.75) is 63.1 Å². The van der Waals surface area contributed by atoms with Gasteiger partial charge in [0.1, 0.15) is 5.67 Å². The first kappa shape index (κ1) is 15.9. The predicted molar refractivity (Wildman–Crippen MR) is 67.3 cm³/mol. The normalized spacial score (nSPS) is 20.8. The van der Waals surface area contributed by atoms with Crippen LogP contribution in [0.3, 0.4) is 0 Å². The third-order valence-corrected chi connectivity index (χ3v) is 3.57. The van der Waals surface area contributed by atoms with E-state index in [4.69, 9.17) is 15.6 Å². The maximum absolute atomic E-state index is 14.4. The lowest BCUT2D eigenvalue weighted by Gasteiger charge is -2.29. The van der Waals surface area contributed by atoms with Crippen LogP contribution in [0.15, 0.2) is 0 Å². The van der Waals surface area contributed by atoms with Gasteiger partial charge in [-0.1, -0.05) is 26.2 Å². The molecule has 0 aromatic heterocycles. The molecular formula is C13H22FNO4. The number of esters is 1. The van der Waals surface area contributed by atoms with E-state index in [1.54, 1.807) is 0 Å². The number of carboxylic acid groups (broad SMARTS) is 1. The van der Waals surface area contributed by atoms with Crippen LogP contribution in [-0.2, 0) is 14.3 Å². The van der Waals surface area contributed by atoms with Gasteiger partial charge in [-0.15, -0.1) is 0 Å². The number of unbranched alkanes of at least 4 members (excludes halogenated alkanes) is 1. The van der Waals surface area contributed by atoms with Crippen molar-refractivity contribution in [2.75, 3.05) is 6.61 Å². The molecule has 0 bridgehead atoms. The van der Waals surface area contributed by atoms with Gasteiger partial charge < -0.3 is 15.6 Å². The molecular weight excluding hydrogens is 253 g/mol. The highest BCUT2D eigenvalue weighted by Gasteiger charge is 2.51. The van der Waals surface area contributed by atoms with Gasteiger partial charge in [-0.3, -0.25) is 0 Å². The van der Waals surface area contributed by atoms with Gasteiger partial charge in [0.15, 0.2) is 0 Å². The highest BCUT2D eigenvalue weighted by atomic mass is 19.1. The summed E-state index contributed by atoms with van der Waals surface area (Å²) in [5.74, 6) is -2.57. The fourth-order valence-electron chi connectivity index (χ4n) is 2.36. The van der Waals surface area contributed by atoms with E-state index in [1.807, 2.05) is 6.92 Å². The molecule has 1 fully saturated rings. The van der Waals surface area contributed by atoms with Crippen molar-refractivity contribution in [1.82, 2.24) is 0 Å². The van der Waals surface area contributed by atoms with Gasteiger partial charge in [-0.05, 0) is 19.3 Å². The second kappa shape index (κ2) is 6.32. The Kier molecular flexibility index (Phi) is 5.29.